The molecule has 1 aliphatic carbocycles. The molecular formula is C24H33N5O6. The first-order valence-corrected chi connectivity index (χ1v) is 11.7. The van der Waals surface area contributed by atoms with Gasteiger partial charge in [-0.05, 0) is 67.2 Å². The molecule has 2 aromatic heterocycles. The average Bonchev–Trinajstić information content (AvgIpc) is 2.71. The number of carbonyl (C=O) groups excluding carboxylic acids is 3. The summed E-state index contributed by atoms with van der Waals surface area (Å²) in [4.78, 5) is 55.9. The lowest BCUT2D eigenvalue weighted by molar-refractivity contribution is 0.0427. The lowest BCUT2D eigenvalue weighted by atomic mass is 9.98. The number of hydrogen-bond acceptors (Lipinski definition) is 10. The maximum Gasteiger partial charge on any atom is 0.427 e. The fourth-order valence-electron chi connectivity index (χ4n) is 3.42. The van der Waals surface area contributed by atoms with Crippen molar-refractivity contribution in [1.82, 2.24) is 19.9 Å². The predicted molar refractivity (Wildman–Crippen MR) is 128 cm³/mol. The van der Waals surface area contributed by atoms with Crippen molar-refractivity contribution in [2.24, 2.45) is 0 Å². The predicted octanol–water partition coefficient (Wildman–Crippen LogP) is 5.01. The SMILES string of the molecule is CC(=O)c1cnc2nc(N(C(=O)OC(C)(C)C)C(=O)OC(C)(C)C)nc(OC3CCCCC3)c2n1. The van der Waals surface area contributed by atoms with Crippen LogP contribution in [0.5, 0.6) is 5.88 Å². The Morgan fingerprint density at radius 2 is 1.46 bits per heavy atom. The van der Waals surface area contributed by atoms with Gasteiger partial charge in [0.1, 0.15) is 23.0 Å². The number of ether oxygens (including phenoxy) is 3. The highest BCUT2D eigenvalue weighted by molar-refractivity contribution is 6.08. The molecule has 0 N–H and O–H groups in total. The Hall–Kier alpha value is -3.37. The van der Waals surface area contributed by atoms with Crippen LogP contribution in [0, 0.1) is 0 Å². The van der Waals surface area contributed by atoms with Crippen LogP contribution in [0.25, 0.3) is 11.2 Å². The first-order chi connectivity index (χ1) is 16.2. The quantitative estimate of drug-likeness (QED) is 0.542. The first-order valence-electron chi connectivity index (χ1n) is 11.7. The van der Waals surface area contributed by atoms with Gasteiger partial charge in [-0.3, -0.25) is 4.79 Å². The van der Waals surface area contributed by atoms with E-state index in [1.165, 1.54) is 13.1 Å². The van der Waals surface area contributed by atoms with Crippen LogP contribution in [0.15, 0.2) is 6.20 Å². The van der Waals surface area contributed by atoms with E-state index in [1.807, 2.05) is 0 Å². The van der Waals surface area contributed by atoms with Crippen LogP contribution in [0.1, 0.15) is 91.1 Å². The third kappa shape index (κ3) is 7.06. The maximum atomic E-state index is 13.1. The van der Waals surface area contributed by atoms with Crippen molar-refractivity contribution in [2.75, 3.05) is 4.90 Å². The Kier molecular flexibility index (Phi) is 7.56. The van der Waals surface area contributed by atoms with Crippen LogP contribution in [0.4, 0.5) is 15.5 Å². The minimum absolute atomic E-state index is 0.0321. The summed E-state index contributed by atoms with van der Waals surface area (Å²) in [6.45, 7) is 11.4. The molecule has 190 valence electrons. The normalized spacial score (nSPS) is 14.9. The molecule has 1 aliphatic rings. The second kappa shape index (κ2) is 10.1. The van der Waals surface area contributed by atoms with Gasteiger partial charge in [-0.25, -0.2) is 19.6 Å². The van der Waals surface area contributed by atoms with Gasteiger partial charge in [0.2, 0.25) is 11.8 Å². The van der Waals surface area contributed by atoms with Crippen LogP contribution in [0.3, 0.4) is 0 Å². The van der Waals surface area contributed by atoms with E-state index in [0.29, 0.717) is 4.90 Å². The summed E-state index contributed by atoms with van der Waals surface area (Å²) in [6, 6.07) is 0. The van der Waals surface area contributed by atoms with Gasteiger partial charge >= 0.3 is 12.2 Å². The fourth-order valence-corrected chi connectivity index (χ4v) is 3.42. The number of fused-ring (bicyclic) bond motifs is 1. The lowest BCUT2D eigenvalue weighted by Gasteiger charge is -2.28. The molecule has 3 rings (SSSR count). The molecule has 2 aromatic rings. The monoisotopic (exact) mass is 487 g/mol. The van der Waals surface area contributed by atoms with Crippen molar-refractivity contribution in [3.63, 3.8) is 0 Å². The molecule has 11 heteroatoms. The largest absolute Gasteiger partial charge is 0.473 e. The molecule has 1 fully saturated rings. The highest BCUT2D eigenvalue weighted by Gasteiger charge is 2.36. The molecule has 1 saturated carbocycles. The Bertz CT molecular complexity index is 1090. The number of rotatable bonds is 4. The Balaban J connectivity index is 2.14. The summed E-state index contributed by atoms with van der Waals surface area (Å²) in [6.07, 6.45) is 3.90. The minimum Gasteiger partial charge on any atom is -0.473 e. The van der Waals surface area contributed by atoms with Crippen molar-refractivity contribution >= 4 is 35.1 Å². The lowest BCUT2D eigenvalue weighted by Crippen LogP contribution is -2.44. The fraction of sp³-hybridized carbons (Fsp3) is 0.625. The van der Waals surface area contributed by atoms with E-state index < -0.39 is 23.4 Å². The summed E-state index contributed by atoms with van der Waals surface area (Å²) in [5.41, 5.74) is -1.45. The zero-order valence-electron chi connectivity index (χ0n) is 21.4. The zero-order chi connectivity index (χ0) is 26.0. The number of carbonyl (C=O) groups is 3. The van der Waals surface area contributed by atoms with Gasteiger partial charge in [0.25, 0.3) is 0 Å². The molecule has 0 saturated heterocycles. The summed E-state index contributed by atoms with van der Waals surface area (Å²) >= 11 is 0. The number of hydrogen-bond donors (Lipinski definition) is 0. The number of amides is 2. The Morgan fingerprint density at radius 1 is 0.886 bits per heavy atom. The number of imide groups is 1. The molecule has 0 atom stereocenters. The Morgan fingerprint density at radius 3 is 1.97 bits per heavy atom. The number of anilines is 1. The van der Waals surface area contributed by atoms with Crippen molar-refractivity contribution in [3.05, 3.63) is 11.9 Å². The molecule has 35 heavy (non-hydrogen) atoms. The third-order valence-electron chi connectivity index (χ3n) is 4.91. The van der Waals surface area contributed by atoms with E-state index in [2.05, 4.69) is 19.9 Å². The van der Waals surface area contributed by atoms with Gasteiger partial charge in [-0.15, -0.1) is 4.90 Å². The number of Topliss-reactive ketones (excluding diaryl/α,β-unsaturated/α-hetero) is 1. The van der Waals surface area contributed by atoms with E-state index in [-0.39, 0.29) is 40.6 Å². The molecule has 0 bridgehead atoms. The van der Waals surface area contributed by atoms with Crippen LogP contribution in [-0.4, -0.2) is 55.2 Å². The molecule has 0 unspecified atom stereocenters. The summed E-state index contributed by atoms with van der Waals surface area (Å²) in [7, 11) is 0. The summed E-state index contributed by atoms with van der Waals surface area (Å²) in [5, 5.41) is 0. The molecule has 0 aromatic carbocycles. The van der Waals surface area contributed by atoms with Gasteiger partial charge in [-0.2, -0.15) is 9.97 Å². The molecule has 0 radical (unpaired) electrons. The van der Waals surface area contributed by atoms with Crippen molar-refractivity contribution < 1.29 is 28.6 Å². The van der Waals surface area contributed by atoms with Gasteiger partial charge in [0.05, 0.1) is 6.20 Å². The zero-order valence-corrected chi connectivity index (χ0v) is 21.4. The highest BCUT2D eigenvalue weighted by Crippen LogP contribution is 2.29. The van der Waals surface area contributed by atoms with Crippen LogP contribution in [-0.2, 0) is 9.47 Å². The van der Waals surface area contributed by atoms with Gasteiger partial charge < -0.3 is 14.2 Å². The average molecular weight is 488 g/mol. The van der Waals surface area contributed by atoms with Crippen LogP contribution < -0.4 is 9.64 Å². The molecule has 0 spiro atoms. The molecule has 0 aliphatic heterocycles. The molecule has 11 nitrogen and oxygen atoms in total. The Labute approximate surface area is 204 Å². The summed E-state index contributed by atoms with van der Waals surface area (Å²) in [5.74, 6) is -0.572. The topological polar surface area (TPSA) is 134 Å². The van der Waals surface area contributed by atoms with E-state index >= 15 is 0 Å². The van der Waals surface area contributed by atoms with Gasteiger partial charge in [0, 0.05) is 6.92 Å². The highest BCUT2D eigenvalue weighted by atomic mass is 16.6. The smallest absolute Gasteiger partial charge is 0.427 e. The standard InChI is InChI=1S/C24H33N5O6/c1-14(30)16-13-25-18-17(26-16)19(33-15-11-9-8-10-12-15)28-20(27-18)29(21(31)34-23(2,3)4)22(32)35-24(5,6)7/h13,15H,8-12H2,1-7H3. The summed E-state index contributed by atoms with van der Waals surface area (Å²) < 4.78 is 17.0. The molecule has 2 heterocycles. The van der Waals surface area contributed by atoms with Crippen LogP contribution in [0.2, 0.25) is 0 Å². The second-order valence-corrected chi connectivity index (χ2v) is 10.5. The van der Waals surface area contributed by atoms with E-state index in [1.54, 1.807) is 41.5 Å². The number of ketones is 1. The maximum absolute atomic E-state index is 13.1. The van der Waals surface area contributed by atoms with Gasteiger partial charge in [-0.1, -0.05) is 6.42 Å². The number of aromatic nitrogens is 4. The minimum atomic E-state index is -1.01. The first kappa shape index (κ1) is 26.2. The van der Waals surface area contributed by atoms with E-state index in [9.17, 15) is 14.4 Å². The van der Waals surface area contributed by atoms with Crippen LogP contribution >= 0.6 is 0 Å². The molecule has 2 amide bonds. The van der Waals surface area contributed by atoms with Gasteiger partial charge in [0.15, 0.2) is 16.9 Å². The third-order valence-corrected chi connectivity index (χ3v) is 4.91. The van der Waals surface area contributed by atoms with Crippen molar-refractivity contribution in [3.8, 4) is 5.88 Å². The van der Waals surface area contributed by atoms with E-state index in [4.69, 9.17) is 14.2 Å². The second-order valence-electron chi connectivity index (χ2n) is 10.5. The number of nitrogens with zero attached hydrogens (tertiary/aromatic N) is 5. The van der Waals surface area contributed by atoms with Crippen molar-refractivity contribution in [2.45, 2.75) is 97.9 Å². The van der Waals surface area contributed by atoms with E-state index in [0.717, 1.165) is 32.1 Å². The molecular weight excluding hydrogens is 454 g/mol. The van der Waals surface area contributed by atoms with Crippen molar-refractivity contribution in [1.29, 1.82) is 0 Å².